The monoisotopic (exact) mass is 619 g/mol. The molecule has 4 N–H and O–H groups in total. The van der Waals surface area contributed by atoms with Crippen LogP contribution in [-0.4, -0.2) is 51.1 Å². The molecule has 5 aliphatic rings. The highest BCUT2D eigenvalue weighted by Crippen LogP contribution is 2.73. The summed E-state index contributed by atoms with van der Waals surface area (Å²) in [6.07, 6.45) is 8.49. The topological polar surface area (TPSA) is 90.2 Å². The number of hydrogen-bond donors (Lipinski definition) is 4. The molecule has 256 valence electrons. The van der Waals surface area contributed by atoms with Crippen LogP contribution in [0.1, 0.15) is 133 Å². The Morgan fingerprint density at radius 3 is 2.11 bits per heavy atom. The summed E-state index contributed by atoms with van der Waals surface area (Å²) in [6, 6.07) is 0. The number of aliphatic hydroxyl groups excluding tert-OH is 4. The molecule has 16 unspecified atom stereocenters. The lowest BCUT2D eigenvalue weighted by Crippen LogP contribution is -2.70. The average Bonchev–Trinajstić information content (AvgIpc) is 2.91. The minimum atomic E-state index is -0.691. The predicted octanol–water partition coefficient (Wildman–Crippen LogP) is 7.68. The molecule has 0 saturated heterocycles. The molecule has 0 aliphatic heterocycles. The first-order valence-corrected chi connectivity index (χ1v) is 18.8. The average molecular weight is 619 g/mol. The number of fused-ring (bicyclic) bond motifs is 3. The molecule has 0 aromatic carbocycles. The summed E-state index contributed by atoms with van der Waals surface area (Å²) >= 11 is 0. The highest BCUT2D eigenvalue weighted by molar-refractivity contribution is 5.19. The van der Waals surface area contributed by atoms with E-state index in [0.717, 1.165) is 44.4 Å². The number of rotatable bonds is 7. The van der Waals surface area contributed by atoms with Gasteiger partial charge >= 0.3 is 0 Å². The zero-order valence-electron chi connectivity index (χ0n) is 30.0. The van der Waals surface area contributed by atoms with Gasteiger partial charge in [0.15, 0.2) is 6.29 Å². The Morgan fingerprint density at radius 2 is 1.52 bits per heavy atom. The Morgan fingerprint density at radius 1 is 0.886 bits per heavy atom. The van der Waals surface area contributed by atoms with E-state index in [4.69, 9.17) is 4.74 Å². The van der Waals surface area contributed by atoms with Gasteiger partial charge in [0.1, 0.15) is 0 Å². The van der Waals surface area contributed by atoms with Gasteiger partial charge in [0, 0.05) is 11.3 Å². The van der Waals surface area contributed by atoms with E-state index in [0.29, 0.717) is 36.0 Å². The Balaban J connectivity index is 1.38. The lowest BCUT2D eigenvalue weighted by Gasteiger charge is -2.72. The lowest BCUT2D eigenvalue weighted by atomic mass is 9.33. The van der Waals surface area contributed by atoms with E-state index in [1.54, 1.807) is 0 Å². The molecule has 5 nitrogen and oxygen atoms in total. The van der Waals surface area contributed by atoms with Gasteiger partial charge in [-0.25, -0.2) is 0 Å². The maximum absolute atomic E-state index is 12.6. The third-order valence-corrected chi connectivity index (χ3v) is 15.7. The van der Waals surface area contributed by atoms with Crippen LogP contribution in [0.2, 0.25) is 0 Å². The SMILES string of the molecule is CC1CCC(OC(O)CCC2CC(C(C)C)C3CC4(C)CC5(C)CC(C)C(C(C)O)C(O)C5(C)C(C)C4C(O)C3C2C)CC1. The van der Waals surface area contributed by atoms with E-state index in [9.17, 15) is 20.4 Å². The molecular formula is C39H70O5. The third kappa shape index (κ3) is 5.77. The van der Waals surface area contributed by atoms with Gasteiger partial charge in [0.2, 0.25) is 0 Å². The van der Waals surface area contributed by atoms with Crippen LogP contribution < -0.4 is 0 Å². The van der Waals surface area contributed by atoms with Crippen molar-refractivity contribution in [2.75, 3.05) is 0 Å². The van der Waals surface area contributed by atoms with Crippen molar-refractivity contribution < 1.29 is 25.2 Å². The van der Waals surface area contributed by atoms with Crippen molar-refractivity contribution in [1.29, 1.82) is 0 Å². The Bertz CT molecular complexity index is 976. The fourth-order valence-corrected chi connectivity index (χ4v) is 13.4. The summed E-state index contributed by atoms with van der Waals surface area (Å²) < 4.78 is 6.14. The second kappa shape index (κ2) is 12.7. The first-order chi connectivity index (χ1) is 20.4. The first-order valence-electron chi connectivity index (χ1n) is 18.8. The van der Waals surface area contributed by atoms with Crippen LogP contribution in [0, 0.1) is 81.3 Å². The van der Waals surface area contributed by atoms with Crippen molar-refractivity contribution in [1.82, 2.24) is 0 Å². The van der Waals surface area contributed by atoms with Crippen LogP contribution in [0.3, 0.4) is 0 Å². The van der Waals surface area contributed by atoms with Gasteiger partial charge in [-0.05, 0) is 141 Å². The molecule has 0 aromatic heterocycles. The van der Waals surface area contributed by atoms with E-state index >= 15 is 0 Å². The van der Waals surface area contributed by atoms with E-state index < -0.39 is 24.6 Å². The van der Waals surface area contributed by atoms with Gasteiger partial charge in [-0.3, -0.25) is 0 Å². The molecule has 5 heteroatoms. The molecule has 44 heavy (non-hydrogen) atoms. The van der Waals surface area contributed by atoms with Gasteiger partial charge in [-0.2, -0.15) is 0 Å². The standard InChI is InChI=1S/C39H70O5/c1-21(2)29-17-27(13-16-31(41)44-28-14-11-22(3)12-15-28)24(5)33-30(29)19-37(8)20-38(9)18-23(4)32(26(7)40)36(43)39(38,10)25(6)34(37)35(33)42/h21-36,40-43H,11-20H2,1-10H3. The van der Waals surface area contributed by atoms with Crippen LogP contribution in [0.4, 0.5) is 0 Å². The normalized spacial score (nSPS) is 54.2. The smallest absolute Gasteiger partial charge is 0.154 e. The molecular weight excluding hydrogens is 548 g/mol. The van der Waals surface area contributed by atoms with Crippen LogP contribution in [0.15, 0.2) is 0 Å². The Kier molecular flexibility index (Phi) is 10.1. The minimum absolute atomic E-state index is 0.0204. The fraction of sp³-hybridized carbons (Fsp3) is 1.00. The predicted molar refractivity (Wildman–Crippen MR) is 177 cm³/mol. The van der Waals surface area contributed by atoms with Crippen molar-refractivity contribution in [2.24, 2.45) is 81.3 Å². The maximum atomic E-state index is 12.6. The molecule has 0 spiro atoms. The van der Waals surface area contributed by atoms with Crippen LogP contribution in [-0.2, 0) is 4.74 Å². The molecule has 5 aliphatic carbocycles. The van der Waals surface area contributed by atoms with Crippen LogP contribution >= 0.6 is 0 Å². The summed E-state index contributed by atoms with van der Waals surface area (Å²) in [5.41, 5.74) is -0.393. The molecule has 0 heterocycles. The molecule has 0 aromatic rings. The lowest BCUT2D eigenvalue weighted by molar-refractivity contribution is -0.281. The summed E-state index contributed by atoms with van der Waals surface area (Å²) in [7, 11) is 0. The van der Waals surface area contributed by atoms with Crippen molar-refractivity contribution in [3.8, 4) is 0 Å². The number of ether oxygens (including phenoxy) is 1. The molecule has 5 rings (SSSR count). The van der Waals surface area contributed by atoms with Crippen molar-refractivity contribution >= 4 is 0 Å². The van der Waals surface area contributed by atoms with Crippen LogP contribution in [0.25, 0.3) is 0 Å². The summed E-state index contributed by atoms with van der Waals surface area (Å²) in [4.78, 5) is 0. The quantitative estimate of drug-likeness (QED) is 0.220. The highest BCUT2D eigenvalue weighted by atomic mass is 16.6. The molecule has 16 atom stereocenters. The minimum Gasteiger partial charge on any atom is -0.393 e. The Hall–Kier alpha value is -0.200. The third-order valence-electron chi connectivity index (χ3n) is 15.7. The zero-order chi connectivity index (χ0) is 32.5. The molecule has 0 amide bonds. The summed E-state index contributed by atoms with van der Waals surface area (Å²) in [6.45, 7) is 23.1. The number of hydrogen-bond acceptors (Lipinski definition) is 5. The second-order valence-corrected chi connectivity index (χ2v) is 18.7. The van der Waals surface area contributed by atoms with Crippen LogP contribution in [0.5, 0.6) is 0 Å². The first kappa shape index (κ1) is 35.1. The molecule has 0 radical (unpaired) electrons. The number of aliphatic hydroxyl groups is 4. The van der Waals surface area contributed by atoms with Crippen molar-refractivity contribution in [2.45, 2.75) is 164 Å². The van der Waals surface area contributed by atoms with E-state index in [1.807, 2.05) is 6.92 Å². The van der Waals surface area contributed by atoms with Crippen molar-refractivity contribution in [3.05, 3.63) is 0 Å². The maximum Gasteiger partial charge on any atom is 0.154 e. The van der Waals surface area contributed by atoms with Gasteiger partial charge in [-0.15, -0.1) is 0 Å². The van der Waals surface area contributed by atoms with E-state index in [-0.39, 0.29) is 51.9 Å². The van der Waals surface area contributed by atoms with Gasteiger partial charge in [0.05, 0.1) is 24.4 Å². The van der Waals surface area contributed by atoms with Crippen molar-refractivity contribution in [3.63, 3.8) is 0 Å². The largest absolute Gasteiger partial charge is 0.393 e. The zero-order valence-corrected chi connectivity index (χ0v) is 30.0. The molecule has 5 saturated carbocycles. The Labute approximate surface area is 270 Å². The summed E-state index contributed by atoms with van der Waals surface area (Å²) in [5, 5.41) is 46.4. The van der Waals surface area contributed by atoms with Gasteiger partial charge in [-0.1, -0.05) is 62.3 Å². The molecule has 5 fully saturated rings. The highest BCUT2D eigenvalue weighted by Gasteiger charge is 2.70. The van der Waals surface area contributed by atoms with E-state index in [1.165, 1.54) is 19.3 Å². The fourth-order valence-electron chi connectivity index (χ4n) is 13.4. The second-order valence-electron chi connectivity index (χ2n) is 18.7. The molecule has 0 bridgehead atoms. The van der Waals surface area contributed by atoms with Gasteiger partial charge in [0.25, 0.3) is 0 Å². The van der Waals surface area contributed by atoms with E-state index in [2.05, 4.69) is 62.3 Å². The summed E-state index contributed by atoms with van der Waals surface area (Å²) in [5.74, 6) is 3.87. The van der Waals surface area contributed by atoms with Gasteiger partial charge < -0.3 is 25.2 Å².